The molecule has 0 saturated carbocycles. The second kappa shape index (κ2) is 7.56. The number of benzene rings is 1. The van der Waals surface area contributed by atoms with Gasteiger partial charge in [0.25, 0.3) is 0 Å². The molecule has 0 saturated heterocycles. The lowest BCUT2D eigenvalue weighted by molar-refractivity contribution is -0.115. The van der Waals surface area contributed by atoms with E-state index in [4.69, 9.17) is 4.74 Å². The Hall–Kier alpha value is -1.66. The highest BCUT2D eigenvalue weighted by Crippen LogP contribution is 2.38. The van der Waals surface area contributed by atoms with Gasteiger partial charge in [-0.3, -0.25) is 4.79 Å². The van der Waals surface area contributed by atoms with Crippen LogP contribution in [0.3, 0.4) is 0 Å². The summed E-state index contributed by atoms with van der Waals surface area (Å²) in [7, 11) is 1.34. The number of carbonyl (C=O) groups excluding carboxylic acids is 2. The van der Waals surface area contributed by atoms with Crippen molar-refractivity contribution in [2.75, 3.05) is 12.4 Å². The molecule has 1 amide bonds. The summed E-state index contributed by atoms with van der Waals surface area (Å²) in [6.07, 6.45) is 0.939. The van der Waals surface area contributed by atoms with E-state index in [1.54, 1.807) is 0 Å². The molecule has 0 spiro atoms. The maximum atomic E-state index is 12.2. The third-order valence-electron chi connectivity index (χ3n) is 3.16. The minimum Gasteiger partial charge on any atom is -0.465 e. The van der Waals surface area contributed by atoms with Crippen molar-refractivity contribution in [1.29, 1.82) is 0 Å². The standard InChI is InChI=1S/C16H16BrNO3S/c1-3-11-13(16(20)21-2)15(22-14(11)17)18-12(19)9-10-7-5-4-6-8-10/h4-8H,3,9H2,1-2H3,(H,18,19). The van der Waals surface area contributed by atoms with Crippen molar-refractivity contribution >= 4 is 44.1 Å². The van der Waals surface area contributed by atoms with Crippen LogP contribution in [0.2, 0.25) is 0 Å². The first-order valence-corrected chi connectivity index (χ1v) is 8.41. The first-order valence-electron chi connectivity index (χ1n) is 6.80. The minimum atomic E-state index is -0.436. The highest BCUT2D eigenvalue weighted by atomic mass is 79.9. The number of thiophene rings is 1. The van der Waals surface area contributed by atoms with Crippen molar-refractivity contribution in [3.8, 4) is 0 Å². The van der Waals surface area contributed by atoms with Gasteiger partial charge in [0.2, 0.25) is 5.91 Å². The van der Waals surface area contributed by atoms with Crippen LogP contribution in [-0.4, -0.2) is 19.0 Å². The maximum Gasteiger partial charge on any atom is 0.341 e. The van der Waals surface area contributed by atoms with Gasteiger partial charge in [0.15, 0.2) is 0 Å². The van der Waals surface area contributed by atoms with E-state index in [0.29, 0.717) is 17.0 Å². The molecule has 4 nitrogen and oxygen atoms in total. The highest BCUT2D eigenvalue weighted by molar-refractivity contribution is 9.11. The average molecular weight is 382 g/mol. The van der Waals surface area contributed by atoms with E-state index in [1.807, 2.05) is 37.3 Å². The molecule has 0 radical (unpaired) electrons. The molecular weight excluding hydrogens is 366 g/mol. The number of hydrogen-bond donors (Lipinski definition) is 1. The zero-order chi connectivity index (χ0) is 16.1. The molecule has 0 atom stereocenters. The molecule has 22 heavy (non-hydrogen) atoms. The molecular formula is C16H16BrNO3S. The Morgan fingerprint density at radius 3 is 2.55 bits per heavy atom. The number of anilines is 1. The summed E-state index contributed by atoms with van der Waals surface area (Å²) >= 11 is 4.77. The monoisotopic (exact) mass is 381 g/mol. The van der Waals surface area contributed by atoms with E-state index in [9.17, 15) is 9.59 Å². The van der Waals surface area contributed by atoms with Gasteiger partial charge in [-0.15, -0.1) is 11.3 Å². The van der Waals surface area contributed by atoms with Gasteiger partial charge in [-0.1, -0.05) is 37.3 Å². The number of ether oxygens (including phenoxy) is 1. The van der Waals surface area contributed by atoms with Gasteiger partial charge in [0.1, 0.15) is 5.00 Å². The lowest BCUT2D eigenvalue weighted by Gasteiger charge is -2.07. The SMILES string of the molecule is CCc1c(Br)sc(NC(=O)Cc2ccccc2)c1C(=O)OC. The van der Waals surface area contributed by atoms with Gasteiger partial charge in [-0.05, 0) is 33.5 Å². The van der Waals surface area contributed by atoms with Crippen LogP contribution in [0.15, 0.2) is 34.1 Å². The largest absolute Gasteiger partial charge is 0.465 e. The van der Waals surface area contributed by atoms with E-state index in [-0.39, 0.29) is 12.3 Å². The quantitative estimate of drug-likeness (QED) is 0.795. The number of amides is 1. The second-order valence-corrected chi connectivity index (χ2v) is 6.95. The summed E-state index contributed by atoms with van der Waals surface area (Å²) in [5.41, 5.74) is 2.21. The Morgan fingerprint density at radius 1 is 1.27 bits per heavy atom. The van der Waals surface area contributed by atoms with Crippen molar-refractivity contribution in [3.63, 3.8) is 0 Å². The Labute approximate surface area is 141 Å². The molecule has 0 unspecified atom stereocenters. The minimum absolute atomic E-state index is 0.159. The predicted molar refractivity (Wildman–Crippen MR) is 91.5 cm³/mol. The molecule has 2 aromatic rings. The van der Waals surface area contributed by atoms with E-state index >= 15 is 0 Å². The number of nitrogens with one attached hydrogen (secondary N) is 1. The number of esters is 1. The summed E-state index contributed by atoms with van der Waals surface area (Å²) in [6, 6.07) is 9.46. The topological polar surface area (TPSA) is 55.4 Å². The van der Waals surface area contributed by atoms with Crippen molar-refractivity contribution in [3.05, 3.63) is 50.8 Å². The van der Waals surface area contributed by atoms with Crippen molar-refractivity contribution in [2.24, 2.45) is 0 Å². The molecule has 1 aromatic heterocycles. The Bertz CT molecular complexity index is 682. The van der Waals surface area contributed by atoms with E-state index in [0.717, 1.165) is 14.9 Å². The molecule has 0 fully saturated rings. The zero-order valence-corrected chi connectivity index (χ0v) is 14.7. The van der Waals surface area contributed by atoms with Crippen LogP contribution in [-0.2, 0) is 22.4 Å². The van der Waals surface area contributed by atoms with E-state index in [2.05, 4.69) is 21.2 Å². The molecule has 0 aliphatic heterocycles. The molecule has 1 N–H and O–H groups in total. The second-order valence-electron chi connectivity index (χ2n) is 4.61. The lowest BCUT2D eigenvalue weighted by Crippen LogP contribution is -2.16. The van der Waals surface area contributed by atoms with Gasteiger partial charge >= 0.3 is 5.97 Å². The van der Waals surface area contributed by atoms with Crippen LogP contribution in [0.1, 0.15) is 28.4 Å². The number of rotatable bonds is 5. The zero-order valence-electron chi connectivity index (χ0n) is 12.3. The summed E-state index contributed by atoms with van der Waals surface area (Å²) in [6.45, 7) is 1.95. The summed E-state index contributed by atoms with van der Waals surface area (Å²) < 4.78 is 5.67. The van der Waals surface area contributed by atoms with Crippen molar-refractivity contribution < 1.29 is 14.3 Å². The number of carbonyl (C=O) groups is 2. The number of methoxy groups -OCH3 is 1. The smallest absolute Gasteiger partial charge is 0.341 e. The first-order chi connectivity index (χ1) is 10.6. The Morgan fingerprint density at radius 2 is 1.95 bits per heavy atom. The van der Waals surface area contributed by atoms with Gasteiger partial charge in [-0.2, -0.15) is 0 Å². The number of hydrogen-bond acceptors (Lipinski definition) is 4. The first kappa shape index (κ1) is 16.7. The molecule has 1 heterocycles. The molecule has 0 aliphatic carbocycles. The molecule has 2 rings (SSSR count). The summed E-state index contributed by atoms with van der Waals surface area (Å²) in [5, 5.41) is 3.34. The van der Waals surface area contributed by atoms with Crippen LogP contribution >= 0.6 is 27.3 Å². The van der Waals surface area contributed by atoms with Crippen LogP contribution < -0.4 is 5.32 Å². The summed E-state index contributed by atoms with van der Waals surface area (Å²) in [4.78, 5) is 24.2. The van der Waals surface area contributed by atoms with Crippen LogP contribution in [0.5, 0.6) is 0 Å². The fourth-order valence-corrected chi connectivity index (χ4v) is 4.10. The molecule has 0 bridgehead atoms. The summed E-state index contributed by atoms with van der Waals surface area (Å²) in [5.74, 6) is -0.596. The van der Waals surface area contributed by atoms with Crippen molar-refractivity contribution in [2.45, 2.75) is 19.8 Å². The predicted octanol–water partition coefficient (Wildman–Crippen LogP) is 4.04. The van der Waals surface area contributed by atoms with Crippen molar-refractivity contribution in [1.82, 2.24) is 0 Å². The van der Waals surface area contributed by atoms with Gasteiger partial charge in [0, 0.05) is 0 Å². The van der Waals surface area contributed by atoms with E-state index in [1.165, 1.54) is 18.4 Å². The van der Waals surface area contributed by atoms with Gasteiger partial charge < -0.3 is 10.1 Å². The highest BCUT2D eigenvalue weighted by Gasteiger charge is 2.23. The van der Waals surface area contributed by atoms with Crippen LogP contribution in [0.25, 0.3) is 0 Å². The Balaban J connectivity index is 2.22. The number of halogens is 1. The third-order valence-corrected chi connectivity index (χ3v) is 5.06. The van der Waals surface area contributed by atoms with E-state index < -0.39 is 5.97 Å². The molecule has 6 heteroatoms. The normalized spacial score (nSPS) is 10.3. The average Bonchev–Trinajstić information content (AvgIpc) is 2.82. The Kier molecular flexibility index (Phi) is 5.74. The molecule has 0 aliphatic rings. The van der Waals surface area contributed by atoms with Gasteiger partial charge in [0.05, 0.1) is 22.9 Å². The third kappa shape index (κ3) is 3.75. The molecule has 116 valence electrons. The van der Waals surface area contributed by atoms with Gasteiger partial charge in [-0.25, -0.2) is 4.79 Å². The molecule has 1 aromatic carbocycles. The van der Waals surface area contributed by atoms with Crippen LogP contribution in [0.4, 0.5) is 5.00 Å². The maximum absolute atomic E-state index is 12.2. The fraction of sp³-hybridized carbons (Fsp3) is 0.250. The lowest BCUT2D eigenvalue weighted by atomic mass is 10.1. The van der Waals surface area contributed by atoms with Crippen LogP contribution in [0, 0.1) is 0 Å². The fourth-order valence-electron chi connectivity index (χ4n) is 2.11.